The number of aromatic nitrogens is 1. The second kappa shape index (κ2) is 5.83. The van der Waals surface area contributed by atoms with E-state index >= 15 is 0 Å². The molecule has 0 radical (unpaired) electrons. The van der Waals surface area contributed by atoms with Gasteiger partial charge in [-0.3, -0.25) is 0 Å². The Kier molecular flexibility index (Phi) is 4.40. The molecule has 3 nitrogen and oxygen atoms in total. The van der Waals surface area contributed by atoms with E-state index in [-0.39, 0.29) is 0 Å². The minimum Gasteiger partial charge on any atom is -0.370 e. The Bertz CT molecular complexity index is 381. The molecule has 0 aromatic carbocycles. The van der Waals surface area contributed by atoms with Crippen molar-refractivity contribution in [1.82, 2.24) is 9.88 Å². The second-order valence-corrected chi connectivity index (χ2v) is 5.89. The maximum atomic E-state index is 4.41. The topological polar surface area (TPSA) is 28.2 Å². The predicted molar refractivity (Wildman–Crippen MR) is 75.4 cm³/mol. The Morgan fingerprint density at radius 3 is 3.12 bits per heavy atom. The summed E-state index contributed by atoms with van der Waals surface area (Å²) >= 11 is 3.43. The van der Waals surface area contributed by atoms with E-state index in [1.807, 2.05) is 6.20 Å². The Morgan fingerprint density at radius 1 is 1.59 bits per heavy atom. The minimum absolute atomic E-state index is 0.749. The molecule has 0 saturated carbocycles. The van der Waals surface area contributed by atoms with Gasteiger partial charge < -0.3 is 10.2 Å². The monoisotopic (exact) mass is 297 g/mol. The third-order valence-corrected chi connectivity index (χ3v) is 3.76. The van der Waals surface area contributed by atoms with Crippen LogP contribution in [0.15, 0.2) is 16.7 Å². The fourth-order valence-electron chi connectivity index (χ4n) is 2.41. The van der Waals surface area contributed by atoms with Crippen LogP contribution in [0.25, 0.3) is 0 Å². The van der Waals surface area contributed by atoms with Crippen LogP contribution < -0.4 is 5.32 Å². The van der Waals surface area contributed by atoms with Gasteiger partial charge in [0.05, 0.1) is 0 Å². The smallest absolute Gasteiger partial charge is 0.128 e. The number of hydrogen-bond donors (Lipinski definition) is 1. The summed E-state index contributed by atoms with van der Waals surface area (Å²) in [5.74, 6) is 1.76. The van der Waals surface area contributed by atoms with Crippen molar-refractivity contribution < 1.29 is 0 Å². The molecule has 1 atom stereocenters. The summed E-state index contributed by atoms with van der Waals surface area (Å²) in [5.41, 5.74) is 1.20. The lowest BCUT2D eigenvalue weighted by Gasteiger charge is -2.29. The highest BCUT2D eigenvalue weighted by atomic mass is 79.9. The molecule has 1 saturated heterocycles. The van der Waals surface area contributed by atoms with Crippen LogP contribution in [-0.4, -0.2) is 36.6 Å². The number of nitrogens with one attached hydrogen (secondary N) is 1. The Morgan fingerprint density at radius 2 is 2.41 bits per heavy atom. The zero-order valence-corrected chi connectivity index (χ0v) is 12.1. The lowest BCUT2D eigenvalue weighted by Crippen LogP contribution is -2.35. The number of likely N-dealkylation sites (tertiary alicyclic amines) is 1. The molecule has 0 spiro atoms. The van der Waals surface area contributed by atoms with Gasteiger partial charge in [0, 0.05) is 23.8 Å². The van der Waals surface area contributed by atoms with E-state index in [1.54, 1.807) is 0 Å². The van der Waals surface area contributed by atoms with E-state index in [0.29, 0.717) is 0 Å². The average Bonchev–Trinajstić information content (AvgIpc) is 2.28. The highest BCUT2D eigenvalue weighted by Crippen LogP contribution is 2.19. The van der Waals surface area contributed by atoms with Crippen molar-refractivity contribution in [3.8, 4) is 0 Å². The number of aryl methyl sites for hydroxylation is 1. The molecular weight excluding hydrogens is 278 g/mol. The molecule has 2 heterocycles. The van der Waals surface area contributed by atoms with Crippen LogP contribution in [0.1, 0.15) is 18.4 Å². The van der Waals surface area contributed by atoms with Crippen molar-refractivity contribution in [2.24, 2.45) is 5.92 Å². The van der Waals surface area contributed by atoms with E-state index in [4.69, 9.17) is 0 Å². The molecule has 17 heavy (non-hydrogen) atoms. The van der Waals surface area contributed by atoms with E-state index in [2.05, 4.69) is 51.2 Å². The van der Waals surface area contributed by atoms with Gasteiger partial charge in [-0.05, 0) is 66.8 Å². The summed E-state index contributed by atoms with van der Waals surface area (Å²) in [6.45, 7) is 5.56. The SMILES string of the molecule is Cc1cc(Br)cnc1NCC1CCCN(C)C1. The quantitative estimate of drug-likeness (QED) is 0.930. The molecule has 0 aliphatic carbocycles. The molecule has 1 N–H and O–H groups in total. The summed E-state index contributed by atoms with van der Waals surface area (Å²) in [6, 6.07) is 2.10. The van der Waals surface area contributed by atoms with E-state index in [0.717, 1.165) is 22.8 Å². The first-order chi connectivity index (χ1) is 8.15. The maximum Gasteiger partial charge on any atom is 0.128 e. The van der Waals surface area contributed by atoms with Gasteiger partial charge in [0.25, 0.3) is 0 Å². The molecule has 0 amide bonds. The molecule has 1 aliphatic rings. The zero-order valence-electron chi connectivity index (χ0n) is 10.5. The van der Waals surface area contributed by atoms with Crippen molar-refractivity contribution in [3.63, 3.8) is 0 Å². The van der Waals surface area contributed by atoms with Crippen LogP contribution in [0.4, 0.5) is 5.82 Å². The molecule has 1 fully saturated rings. The molecule has 1 unspecified atom stereocenters. The summed E-state index contributed by atoms with van der Waals surface area (Å²) < 4.78 is 1.04. The molecule has 1 aromatic heterocycles. The molecular formula is C13H20BrN3. The van der Waals surface area contributed by atoms with Crippen molar-refractivity contribution in [2.75, 3.05) is 32.0 Å². The third kappa shape index (κ3) is 3.68. The molecule has 94 valence electrons. The first kappa shape index (κ1) is 12.8. The number of nitrogens with zero attached hydrogens (tertiary/aromatic N) is 2. The number of piperidine rings is 1. The van der Waals surface area contributed by atoms with Gasteiger partial charge in [-0.2, -0.15) is 0 Å². The van der Waals surface area contributed by atoms with Gasteiger partial charge in [-0.25, -0.2) is 4.98 Å². The maximum absolute atomic E-state index is 4.41. The van der Waals surface area contributed by atoms with Gasteiger partial charge in [0.1, 0.15) is 5.82 Å². The second-order valence-electron chi connectivity index (χ2n) is 4.97. The number of anilines is 1. The predicted octanol–water partition coefficient (Wildman–Crippen LogP) is 2.91. The first-order valence-corrected chi connectivity index (χ1v) is 6.99. The lowest BCUT2D eigenvalue weighted by atomic mass is 9.98. The number of hydrogen-bond acceptors (Lipinski definition) is 3. The summed E-state index contributed by atoms with van der Waals surface area (Å²) in [5, 5.41) is 3.47. The van der Waals surface area contributed by atoms with Crippen LogP contribution in [0.3, 0.4) is 0 Å². The van der Waals surface area contributed by atoms with Crippen molar-refractivity contribution in [1.29, 1.82) is 0 Å². The fraction of sp³-hybridized carbons (Fsp3) is 0.615. The van der Waals surface area contributed by atoms with Gasteiger partial charge in [-0.15, -0.1) is 0 Å². The van der Waals surface area contributed by atoms with E-state index < -0.39 is 0 Å². The molecule has 2 rings (SSSR count). The minimum atomic E-state index is 0.749. The summed E-state index contributed by atoms with van der Waals surface area (Å²) in [4.78, 5) is 6.82. The van der Waals surface area contributed by atoms with Crippen LogP contribution in [0.2, 0.25) is 0 Å². The van der Waals surface area contributed by atoms with Gasteiger partial charge >= 0.3 is 0 Å². The molecule has 1 aromatic rings. The summed E-state index contributed by atoms with van der Waals surface area (Å²) in [6.07, 6.45) is 4.49. The van der Waals surface area contributed by atoms with Gasteiger partial charge in [0.2, 0.25) is 0 Å². The van der Waals surface area contributed by atoms with Crippen molar-refractivity contribution in [3.05, 3.63) is 22.3 Å². The van der Waals surface area contributed by atoms with Gasteiger partial charge in [-0.1, -0.05) is 0 Å². The largest absolute Gasteiger partial charge is 0.370 e. The average molecular weight is 298 g/mol. The number of rotatable bonds is 3. The van der Waals surface area contributed by atoms with Crippen LogP contribution in [0, 0.1) is 12.8 Å². The van der Waals surface area contributed by atoms with Crippen molar-refractivity contribution >= 4 is 21.7 Å². The van der Waals surface area contributed by atoms with Crippen LogP contribution in [-0.2, 0) is 0 Å². The van der Waals surface area contributed by atoms with Crippen LogP contribution in [0.5, 0.6) is 0 Å². The lowest BCUT2D eigenvalue weighted by molar-refractivity contribution is 0.217. The molecule has 0 bridgehead atoms. The zero-order chi connectivity index (χ0) is 12.3. The highest BCUT2D eigenvalue weighted by molar-refractivity contribution is 9.10. The Balaban J connectivity index is 1.88. The Labute approximate surface area is 112 Å². The van der Waals surface area contributed by atoms with E-state index in [1.165, 1.54) is 31.5 Å². The Hall–Kier alpha value is -0.610. The number of pyridine rings is 1. The third-order valence-electron chi connectivity index (χ3n) is 3.33. The standard InChI is InChI=1S/C13H20BrN3/c1-10-6-12(14)8-16-13(10)15-7-11-4-3-5-17(2)9-11/h6,8,11H,3-5,7,9H2,1-2H3,(H,15,16). The fourth-order valence-corrected chi connectivity index (χ4v) is 2.85. The number of halogens is 1. The molecule has 1 aliphatic heterocycles. The van der Waals surface area contributed by atoms with Crippen molar-refractivity contribution in [2.45, 2.75) is 19.8 Å². The van der Waals surface area contributed by atoms with Gasteiger partial charge in [0.15, 0.2) is 0 Å². The first-order valence-electron chi connectivity index (χ1n) is 6.19. The summed E-state index contributed by atoms with van der Waals surface area (Å²) in [7, 11) is 2.20. The highest BCUT2D eigenvalue weighted by Gasteiger charge is 2.17. The van der Waals surface area contributed by atoms with Crippen LogP contribution >= 0.6 is 15.9 Å². The van der Waals surface area contributed by atoms with E-state index in [9.17, 15) is 0 Å². The normalized spacial score (nSPS) is 21.5. The molecule has 4 heteroatoms.